The molecule has 0 spiro atoms. The molecule has 0 aliphatic carbocycles. The smallest absolute Gasteiger partial charge is 0.0353 e. The lowest BCUT2D eigenvalue weighted by Gasteiger charge is -2.05. The molecule has 0 aromatic carbocycles. The maximum atomic E-state index is 2.31. The normalized spacial score (nSPS) is 11.5. The van der Waals surface area contributed by atoms with E-state index in [-0.39, 0.29) is 0 Å². The van der Waals surface area contributed by atoms with Crippen LogP contribution >= 0.6 is 8.58 Å². The molecule has 0 amide bonds. The van der Waals surface area contributed by atoms with E-state index in [1.54, 1.807) is 0 Å². The highest BCUT2D eigenvalue weighted by atomic mass is 31.1. The summed E-state index contributed by atoms with van der Waals surface area (Å²) in [7, 11) is 1.25. The topological polar surface area (TPSA) is 0 Å². The lowest BCUT2D eigenvalue weighted by atomic mass is 10.0. The van der Waals surface area contributed by atoms with E-state index >= 15 is 0 Å². The second-order valence-corrected chi connectivity index (χ2v) is 13.1. The Morgan fingerprint density at radius 3 is 0.600 bits per heavy atom. The summed E-state index contributed by atoms with van der Waals surface area (Å²) in [5, 5.41) is 0. The number of hydrogen-bond acceptors (Lipinski definition) is 0. The molecule has 0 unspecified atom stereocenters. The first-order valence-electron chi connectivity index (χ1n) is 17.1. The minimum Gasteiger partial charge on any atom is -0.122 e. The van der Waals surface area contributed by atoms with Crippen LogP contribution in [-0.4, -0.2) is 12.3 Å². The summed E-state index contributed by atoms with van der Waals surface area (Å²) in [6.07, 6.45) is 47.5. The van der Waals surface area contributed by atoms with Crippen LogP contribution in [-0.2, 0) is 0 Å². The van der Waals surface area contributed by atoms with Crippen LogP contribution < -0.4 is 0 Å². The second kappa shape index (κ2) is 34.4. The lowest BCUT2D eigenvalue weighted by molar-refractivity contribution is 0.534. The quantitative estimate of drug-likeness (QED) is 0.0623. The zero-order chi connectivity index (χ0) is 25.3. The first-order chi connectivity index (χ1) is 17.4. The van der Waals surface area contributed by atoms with Gasteiger partial charge in [0.25, 0.3) is 0 Å². The Morgan fingerprint density at radius 1 is 0.229 bits per heavy atom. The second-order valence-electron chi connectivity index (χ2n) is 11.6. The van der Waals surface area contributed by atoms with E-state index < -0.39 is 0 Å². The van der Waals surface area contributed by atoms with Crippen LogP contribution in [0.5, 0.6) is 0 Å². The van der Waals surface area contributed by atoms with Crippen molar-refractivity contribution in [1.82, 2.24) is 0 Å². The third-order valence-corrected chi connectivity index (χ3v) is 9.33. The molecule has 0 heterocycles. The fraction of sp³-hybridized carbons (Fsp3) is 1.00. The van der Waals surface area contributed by atoms with Gasteiger partial charge in [0, 0.05) is 0 Å². The molecule has 1 heteroatoms. The van der Waals surface area contributed by atoms with Gasteiger partial charge in [-0.1, -0.05) is 194 Å². The number of unbranched alkanes of at least 4 members (excludes halogenated alkanes) is 28. The molecule has 0 aliphatic rings. The molecule has 0 N–H and O–H groups in total. The Bertz CT molecular complexity index is 307. The van der Waals surface area contributed by atoms with Crippen molar-refractivity contribution in [2.45, 2.75) is 206 Å². The van der Waals surface area contributed by atoms with E-state index in [1.165, 1.54) is 214 Å². The van der Waals surface area contributed by atoms with Crippen molar-refractivity contribution in [1.29, 1.82) is 0 Å². The van der Waals surface area contributed by atoms with E-state index in [2.05, 4.69) is 13.8 Å². The Morgan fingerprint density at radius 2 is 0.400 bits per heavy atom. The fourth-order valence-electron chi connectivity index (χ4n) is 5.37. The highest BCUT2D eigenvalue weighted by Crippen LogP contribution is 2.19. The van der Waals surface area contributed by atoms with Crippen LogP contribution in [0.4, 0.5) is 0 Å². The van der Waals surface area contributed by atoms with Crippen LogP contribution in [0.1, 0.15) is 206 Å². The van der Waals surface area contributed by atoms with Gasteiger partial charge in [-0.25, -0.2) is 0 Å². The first kappa shape index (κ1) is 35.4. The number of rotatable bonds is 32. The van der Waals surface area contributed by atoms with Crippen LogP contribution in [0.15, 0.2) is 0 Å². The van der Waals surface area contributed by atoms with Crippen molar-refractivity contribution in [3.8, 4) is 0 Å². The third kappa shape index (κ3) is 34.4. The Hall–Kier alpha value is 0.430. The molecule has 0 aromatic heterocycles. The van der Waals surface area contributed by atoms with Crippen molar-refractivity contribution in [3.63, 3.8) is 0 Å². The molecule has 0 rings (SSSR count). The summed E-state index contributed by atoms with van der Waals surface area (Å²) in [6, 6.07) is 0. The van der Waals surface area contributed by atoms with Crippen molar-refractivity contribution in [2.24, 2.45) is 0 Å². The summed E-state index contributed by atoms with van der Waals surface area (Å²) < 4.78 is 0. The van der Waals surface area contributed by atoms with E-state index in [0.717, 1.165) is 0 Å². The van der Waals surface area contributed by atoms with Gasteiger partial charge in [0.15, 0.2) is 0 Å². The maximum absolute atomic E-state index is 2.31. The average Bonchev–Trinajstić information content (AvgIpc) is 2.87. The van der Waals surface area contributed by atoms with Crippen LogP contribution in [0.25, 0.3) is 0 Å². The Kier molecular flexibility index (Phi) is 34.9. The Labute approximate surface area is 227 Å². The van der Waals surface area contributed by atoms with Crippen molar-refractivity contribution < 1.29 is 0 Å². The van der Waals surface area contributed by atoms with Gasteiger partial charge in [-0.05, 0) is 25.2 Å². The van der Waals surface area contributed by atoms with E-state index in [4.69, 9.17) is 0 Å². The molecular weight excluding hydrogens is 439 g/mol. The standard InChI is InChI=1S/C34H71P/c1-3-5-7-9-11-13-15-17-19-21-23-25-27-29-31-33-35-34-32-30-28-26-24-22-20-18-16-14-12-10-8-6-4-2/h35H,3-34H2,1-2H3. The summed E-state index contributed by atoms with van der Waals surface area (Å²) in [4.78, 5) is 0. The molecule has 212 valence electrons. The molecule has 0 saturated carbocycles. The van der Waals surface area contributed by atoms with Crippen LogP contribution in [0, 0.1) is 0 Å². The van der Waals surface area contributed by atoms with Crippen molar-refractivity contribution in [2.75, 3.05) is 12.3 Å². The predicted octanol–water partition coefficient (Wildman–Crippen LogP) is 13.4. The van der Waals surface area contributed by atoms with Gasteiger partial charge in [0.2, 0.25) is 0 Å². The molecule has 0 atom stereocenters. The summed E-state index contributed by atoms with van der Waals surface area (Å²) in [6.45, 7) is 4.62. The van der Waals surface area contributed by atoms with Crippen LogP contribution in [0.3, 0.4) is 0 Å². The molecule has 0 bridgehead atoms. The van der Waals surface area contributed by atoms with Crippen molar-refractivity contribution in [3.05, 3.63) is 0 Å². The highest BCUT2D eigenvalue weighted by Gasteiger charge is 1.97. The maximum Gasteiger partial charge on any atom is -0.0353 e. The monoisotopic (exact) mass is 511 g/mol. The largest absolute Gasteiger partial charge is 0.122 e. The average molecular weight is 511 g/mol. The molecule has 35 heavy (non-hydrogen) atoms. The van der Waals surface area contributed by atoms with Crippen molar-refractivity contribution >= 4 is 8.58 Å². The number of hydrogen-bond donors (Lipinski definition) is 0. The van der Waals surface area contributed by atoms with Gasteiger partial charge >= 0.3 is 0 Å². The van der Waals surface area contributed by atoms with Gasteiger partial charge in [-0.15, -0.1) is 8.58 Å². The summed E-state index contributed by atoms with van der Waals surface area (Å²) >= 11 is 0. The molecule has 0 nitrogen and oxygen atoms in total. The molecular formula is C34H71P. The highest BCUT2D eigenvalue weighted by molar-refractivity contribution is 7.37. The SMILES string of the molecule is CCCCCCCCCCCCCCCCCPCCCCCCCCCCCCCCCCC. The zero-order valence-electron chi connectivity index (χ0n) is 25.1. The fourth-order valence-corrected chi connectivity index (χ4v) is 6.62. The van der Waals surface area contributed by atoms with Gasteiger partial charge < -0.3 is 0 Å². The molecule has 0 fully saturated rings. The lowest BCUT2D eigenvalue weighted by Crippen LogP contribution is -1.86. The van der Waals surface area contributed by atoms with Gasteiger partial charge in [-0.3, -0.25) is 0 Å². The van der Waals surface area contributed by atoms with Gasteiger partial charge in [0.05, 0.1) is 0 Å². The molecule has 0 aliphatic heterocycles. The van der Waals surface area contributed by atoms with E-state index in [9.17, 15) is 0 Å². The molecule has 0 radical (unpaired) electrons. The minimum absolute atomic E-state index is 1.25. The zero-order valence-corrected chi connectivity index (χ0v) is 26.1. The molecule has 0 aromatic rings. The summed E-state index contributed by atoms with van der Waals surface area (Å²) in [5.74, 6) is 0. The van der Waals surface area contributed by atoms with E-state index in [1.807, 2.05) is 0 Å². The van der Waals surface area contributed by atoms with E-state index in [0.29, 0.717) is 0 Å². The van der Waals surface area contributed by atoms with Crippen LogP contribution in [0.2, 0.25) is 0 Å². The van der Waals surface area contributed by atoms with Gasteiger partial charge in [-0.2, -0.15) is 0 Å². The van der Waals surface area contributed by atoms with Gasteiger partial charge in [0.1, 0.15) is 0 Å². The minimum atomic E-state index is 1.25. The third-order valence-electron chi connectivity index (χ3n) is 7.91. The molecule has 0 saturated heterocycles. The Balaban J connectivity index is 3.00. The predicted molar refractivity (Wildman–Crippen MR) is 168 cm³/mol. The summed E-state index contributed by atoms with van der Waals surface area (Å²) in [5.41, 5.74) is 0. The first-order valence-corrected chi connectivity index (χ1v) is 18.5.